The Morgan fingerprint density at radius 3 is 2.35 bits per heavy atom. The van der Waals surface area contributed by atoms with E-state index in [1.807, 2.05) is 37.3 Å². The van der Waals surface area contributed by atoms with Crippen LogP contribution in [-0.2, 0) is 9.59 Å². The van der Waals surface area contributed by atoms with Crippen LogP contribution in [0.1, 0.15) is 36.3 Å². The second-order valence-electron chi connectivity index (χ2n) is 6.72. The van der Waals surface area contributed by atoms with E-state index >= 15 is 0 Å². The number of rotatable bonds is 5. The maximum atomic E-state index is 13.2. The molecule has 5 heteroatoms. The molecule has 1 fully saturated rings. The van der Waals surface area contributed by atoms with E-state index in [-0.39, 0.29) is 30.1 Å². The molecule has 1 N–H and O–H groups in total. The summed E-state index contributed by atoms with van der Waals surface area (Å²) in [6.07, 6.45) is 0.578. The molecule has 2 aromatic carbocycles. The zero-order chi connectivity index (χ0) is 18.7. The van der Waals surface area contributed by atoms with Gasteiger partial charge in [-0.2, -0.15) is 0 Å². The van der Waals surface area contributed by atoms with Gasteiger partial charge in [-0.05, 0) is 29.7 Å². The maximum Gasteiger partial charge on any atom is 0.308 e. The first kappa shape index (κ1) is 18.1. The van der Waals surface area contributed by atoms with Crippen molar-refractivity contribution in [1.82, 2.24) is 4.90 Å². The van der Waals surface area contributed by atoms with Crippen molar-refractivity contribution in [2.24, 2.45) is 5.92 Å². The van der Waals surface area contributed by atoms with Crippen LogP contribution in [-0.4, -0.2) is 35.0 Å². The molecule has 4 nitrogen and oxygen atoms in total. The zero-order valence-electron chi connectivity index (χ0n) is 14.6. The predicted octanol–water partition coefficient (Wildman–Crippen LogP) is 3.65. The van der Waals surface area contributed by atoms with Gasteiger partial charge >= 0.3 is 5.97 Å². The third kappa shape index (κ3) is 3.62. The molecule has 0 radical (unpaired) electrons. The minimum absolute atomic E-state index is 0.0937. The second-order valence-corrected chi connectivity index (χ2v) is 6.72. The van der Waals surface area contributed by atoms with Gasteiger partial charge in [0.15, 0.2) is 0 Å². The van der Waals surface area contributed by atoms with Crippen LogP contribution in [0.3, 0.4) is 0 Å². The number of hydrogen-bond acceptors (Lipinski definition) is 2. The largest absolute Gasteiger partial charge is 0.481 e. The number of benzene rings is 2. The molecule has 26 heavy (non-hydrogen) atoms. The lowest BCUT2D eigenvalue weighted by atomic mass is 9.89. The minimum Gasteiger partial charge on any atom is -0.481 e. The maximum absolute atomic E-state index is 13.2. The molecule has 0 bridgehead atoms. The number of nitrogens with zero attached hydrogens (tertiary/aromatic N) is 1. The molecular weight excluding hydrogens is 333 g/mol. The van der Waals surface area contributed by atoms with Gasteiger partial charge in [0.05, 0.1) is 11.8 Å². The van der Waals surface area contributed by atoms with E-state index in [0.717, 1.165) is 11.1 Å². The van der Waals surface area contributed by atoms with Gasteiger partial charge in [0.2, 0.25) is 5.91 Å². The molecule has 1 aliphatic rings. The van der Waals surface area contributed by atoms with Crippen molar-refractivity contribution < 1.29 is 19.1 Å². The van der Waals surface area contributed by atoms with E-state index < -0.39 is 11.9 Å². The summed E-state index contributed by atoms with van der Waals surface area (Å²) in [5.74, 6) is -2.55. The summed E-state index contributed by atoms with van der Waals surface area (Å²) in [4.78, 5) is 26.4. The fraction of sp³-hybridized carbons (Fsp3) is 0.333. The highest BCUT2D eigenvalue weighted by molar-refractivity contribution is 5.85. The first-order valence-electron chi connectivity index (χ1n) is 8.83. The van der Waals surface area contributed by atoms with E-state index in [9.17, 15) is 19.1 Å². The number of carboxylic acids is 1. The topological polar surface area (TPSA) is 57.6 Å². The lowest BCUT2D eigenvalue weighted by Gasteiger charge is -2.23. The second kappa shape index (κ2) is 7.68. The van der Waals surface area contributed by atoms with Crippen molar-refractivity contribution in [1.29, 1.82) is 0 Å². The Morgan fingerprint density at radius 1 is 1.12 bits per heavy atom. The monoisotopic (exact) mass is 355 g/mol. The average molecular weight is 355 g/mol. The number of carboxylic acid groups (broad SMARTS) is 1. The third-order valence-corrected chi connectivity index (χ3v) is 5.16. The highest BCUT2D eigenvalue weighted by Gasteiger charge is 2.41. The van der Waals surface area contributed by atoms with E-state index in [1.54, 1.807) is 17.0 Å². The number of aliphatic carboxylic acids is 1. The van der Waals surface area contributed by atoms with Crippen LogP contribution in [0.15, 0.2) is 54.6 Å². The average Bonchev–Trinajstić information content (AvgIpc) is 3.10. The molecule has 3 atom stereocenters. The number of halogens is 1. The molecule has 0 saturated carbocycles. The molecule has 1 heterocycles. The van der Waals surface area contributed by atoms with Crippen LogP contribution in [0.25, 0.3) is 0 Å². The normalized spacial score (nSPS) is 20.8. The van der Waals surface area contributed by atoms with Crippen LogP contribution in [0.4, 0.5) is 4.39 Å². The summed E-state index contributed by atoms with van der Waals surface area (Å²) >= 11 is 0. The molecule has 1 amide bonds. The zero-order valence-corrected chi connectivity index (χ0v) is 14.6. The van der Waals surface area contributed by atoms with Crippen LogP contribution in [0.5, 0.6) is 0 Å². The van der Waals surface area contributed by atoms with Gasteiger partial charge in [0, 0.05) is 19.0 Å². The Morgan fingerprint density at radius 2 is 1.77 bits per heavy atom. The summed E-state index contributed by atoms with van der Waals surface area (Å²) in [5.41, 5.74) is 1.69. The summed E-state index contributed by atoms with van der Waals surface area (Å²) in [6, 6.07) is 15.4. The molecule has 0 aromatic heterocycles. The Hall–Kier alpha value is -2.69. The molecule has 1 saturated heterocycles. The molecule has 2 aromatic rings. The van der Waals surface area contributed by atoms with E-state index in [4.69, 9.17) is 0 Å². The fourth-order valence-corrected chi connectivity index (χ4v) is 3.74. The van der Waals surface area contributed by atoms with Gasteiger partial charge in [-0.1, -0.05) is 49.4 Å². The number of carbonyl (C=O) groups excluding carboxylic acids is 1. The Balaban J connectivity index is 1.83. The number of likely N-dealkylation sites (tertiary alicyclic amines) is 1. The highest BCUT2D eigenvalue weighted by atomic mass is 19.1. The smallest absolute Gasteiger partial charge is 0.308 e. The minimum atomic E-state index is -0.885. The van der Waals surface area contributed by atoms with Gasteiger partial charge in [-0.3, -0.25) is 9.59 Å². The van der Waals surface area contributed by atoms with Gasteiger partial charge < -0.3 is 10.0 Å². The molecule has 0 spiro atoms. The van der Waals surface area contributed by atoms with Crippen molar-refractivity contribution in [3.63, 3.8) is 0 Å². The summed E-state index contributed by atoms with van der Waals surface area (Å²) in [5, 5.41) is 9.61. The van der Waals surface area contributed by atoms with Gasteiger partial charge in [-0.15, -0.1) is 0 Å². The number of amides is 1. The van der Waals surface area contributed by atoms with Crippen molar-refractivity contribution in [2.45, 2.75) is 25.2 Å². The lowest BCUT2D eigenvalue weighted by Crippen LogP contribution is -2.34. The summed E-state index contributed by atoms with van der Waals surface area (Å²) < 4.78 is 13.2. The van der Waals surface area contributed by atoms with Crippen LogP contribution >= 0.6 is 0 Å². The van der Waals surface area contributed by atoms with Crippen LogP contribution in [0.2, 0.25) is 0 Å². The van der Waals surface area contributed by atoms with Crippen molar-refractivity contribution >= 4 is 11.9 Å². The lowest BCUT2D eigenvalue weighted by molar-refractivity contribution is -0.142. The predicted molar refractivity (Wildman–Crippen MR) is 96.3 cm³/mol. The standard InChI is InChI=1S/C21H22FNO3/c1-2-17(15-8-10-16(22)11-9-15)20(24)23-12-18(19(13-23)21(25)26)14-6-4-3-5-7-14/h3-11,17-19H,2,12-13H2,1H3,(H,25,26)/t17?,18-,19-/m0/s1. The molecule has 3 rings (SSSR count). The molecule has 0 aliphatic carbocycles. The molecule has 1 unspecified atom stereocenters. The van der Waals surface area contributed by atoms with Gasteiger partial charge in [-0.25, -0.2) is 4.39 Å². The quantitative estimate of drug-likeness (QED) is 0.891. The van der Waals surface area contributed by atoms with Gasteiger partial charge in [0.1, 0.15) is 5.82 Å². The summed E-state index contributed by atoms with van der Waals surface area (Å²) in [6.45, 7) is 2.49. The number of hydrogen-bond donors (Lipinski definition) is 1. The summed E-state index contributed by atoms with van der Waals surface area (Å²) in [7, 11) is 0. The molecule has 136 valence electrons. The van der Waals surface area contributed by atoms with Gasteiger partial charge in [0.25, 0.3) is 0 Å². The Bertz CT molecular complexity index is 776. The van der Waals surface area contributed by atoms with Crippen LogP contribution in [0, 0.1) is 11.7 Å². The van der Waals surface area contributed by atoms with Crippen LogP contribution < -0.4 is 0 Å². The Kier molecular flexibility index (Phi) is 5.35. The first-order valence-corrected chi connectivity index (χ1v) is 8.83. The molecule has 1 aliphatic heterocycles. The van der Waals surface area contributed by atoms with E-state index in [0.29, 0.717) is 13.0 Å². The van der Waals surface area contributed by atoms with E-state index in [2.05, 4.69) is 0 Å². The van der Waals surface area contributed by atoms with Crippen molar-refractivity contribution in [3.05, 3.63) is 71.5 Å². The van der Waals surface area contributed by atoms with Crippen molar-refractivity contribution in [3.8, 4) is 0 Å². The highest BCUT2D eigenvalue weighted by Crippen LogP contribution is 2.35. The van der Waals surface area contributed by atoms with E-state index in [1.165, 1.54) is 12.1 Å². The molecular formula is C21H22FNO3. The third-order valence-electron chi connectivity index (χ3n) is 5.16. The number of carbonyl (C=O) groups is 2. The SMILES string of the molecule is CCC(C(=O)N1C[C@H](C(=O)O)[C@H](c2ccccc2)C1)c1ccc(F)cc1. The first-order chi connectivity index (χ1) is 12.5. The Labute approximate surface area is 152 Å². The fourth-order valence-electron chi connectivity index (χ4n) is 3.74. The van der Waals surface area contributed by atoms with Crippen molar-refractivity contribution in [2.75, 3.05) is 13.1 Å².